The van der Waals surface area contributed by atoms with Gasteiger partial charge in [0.1, 0.15) is 11.5 Å². The molecule has 2 nitrogen and oxygen atoms in total. The molecular weight excluding hydrogens is 268 g/mol. The summed E-state index contributed by atoms with van der Waals surface area (Å²) >= 11 is 3.46. The molecule has 0 aliphatic carbocycles. The molecule has 0 radical (unpaired) electrons. The van der Waals surface area contributed by atoms with Crippen molar-refractivity contribution < 1.29 is 9.84 Å². The Labute approximate surface area is 103 Å². The van der Waals surface area contributed by atoms with E-state index in [4.69, 9.17) is 4.74 Å². The van der Waals surface area contributed by atoms with E-state index in [1.807, 2.05) is 38.1 Å². The lowest BCUT2D eigenvalue weighted by Crippen LogP contribution is -2.05. The van der Waals surface area contributed by atoms with Crippen LogP contribution in [0.15, 0.2) is 34.8 Å². The molecule has 0 heterocycles. The first-order valence-electron chi connectivity index (χ1n) is 5.16. The quantitative estimate of drug-likeness (QED) is 0.898. The van der Waals surface area contributed by atoms with Crippen molar-refractivity contribution in [2.45, 2.75) is 20.0 Å². The zero-order valence-electron chi connectivity index (χ0n) is 9.20. The fraction of sp³-hybridized carbons (Fsp3) is 0.231. The average Bonchev–Trinajstić information content (AvgIpc) is 2.22. The van der Waals surface area contributed by atoms with Gasteiger partial charge in [0.15, 0.2) is 0 Å². The van der Waals surface area contributed by atoms with Crippen molar-refractivity contribution in [3.05, 3.63) is 34.8 Å². The van der Waals surface area contributed by atoms with Gasteiger partial charge in [-0.05, 0) is 32.0 Å². The minimum atomic E-state index is 0.0870. The van der Waals surface area contributed by atoms with Crippen molar-refractivity contribution >= 4 is 26.7 Å². The van der Waals surface area contributed by atoms with Crippen LogP contribution in [-0.2, 0) is 0 Å². The number of hydrogen-bond acceptors (Lipinski definition) is 2. The minimum Gasteiger partial charge on any atom is -0.507 e. The number of ether oxygens (including phenoxy) is 1. The molecule has 0 spiro atoms. The SMILES string of the molecule is CC(C)Oc1ccc(Br)c2cccc(O)c12. The van der Waals surface area contributed by atoms with E-state index in [1.165, 1.54) is 0 Å². The number of fused-ring (bicyclic) bond motifs is 1. The highest BCUT2D eigenvalue weighted by Crippen LogP contribution is 2.37. The first-order chi connectivity index (χ1) is 7.59. The molecule has 2 aromatic rings. The number of rotatable bonds is 2. The van der Waals surface area contributed by atoms with Crippen LogP contribution in [0.3, 0.4) is 0 Å². The summed E-state index contributed by atoms with van der Waals surface area (Å²) in [6, 6.07) is 9.24. The van der Waals surface area contributed by atoms with Crippen molar-refractivity contribution in [3.8, 4) is 11.5 Å². The third-order valence-electron chi connectivity index (χ3n) is 2.29. The zero-order valence-corrected chi connectivity index (χ0v) is 10.8. The summed E-state index contributed by atoms with van der Waals surface area (Å²) in [5.74, 6) is 0.959. The first kappa shape index (κ1) is 11.3. The Kier molecular flexibility index (Phi) is 3.06. The van der Waals surface area contributed by atoms with Gasteiger partial charge in [-0.2, -0.15) is 0 Å². The number of benzene rings is 2. The molecule has 0 amide bonds. The number of phenols is 1. The average molecular weight is 281 g/mol. The Morgan fingerprint density at radius 1 is 1.19 bits per heavy atom. The number of phenolic OH excluding ortho intramolecular Hbond substituents is 1. The summed E-state index contributed by atoms with van der Waals surface area (Å²) in [6.07, 6.45) is 0.0870. The van der Waals surface area contributed by atoms with Gasteiger partial charge in [0, 0.05) is 9.86 Å². The highest BCUT2D eigenvalue weighted by molar-refractivity contribution is 9.10. The molecule has 0 unspecified atom stereocenters. The van der Waals surface area contributed by atoms with E-state index >= 15 is 0 Å². The van der Waals surface area contributed by atoms with Gasteiger partial charge in [0.2, 0.25) is 0 Å². The van der Waals surface area contributed by atoms with Crippen LogP contribution >= 0.6 is 15.9 Å². The second-order valence-corrected chi connectivity index (χ2v) is 4.77. The van der Waals surface area contributed by atoms with E-state index < -0.39 is 0 Å². The lowest BCUT2D eigenvalue weighted by molar-refractivity contribution is 0.245. The Bertz CT molecular complexity index is 521. The minimum absolute atomic E-state index is 0.0870. The van der Waals surface area contributed by atoms with E-state index in [1.54, 1.807) is 6.07 Å². The largest absolute Gasteiger partial charge is 0.507 e. The highest BCUT2D eigenvalue weighted by atomic mass is 79.9. The van der Waals surface area contributed by atoms with Crippen molar-refractivity contribution in [1.29, 1.82) is 0 Å². The molecular formula is C13H13BrO2. The normalized spacial score (nSPS) is 11.0. The van der Waals surface area contributed by atoms with Crippen LogP contribution in [0.1, 0.15) is 13.8 Å². The van der Waals surface area contributed by atoms with Crippen LogP contribution in [0.4, 0.5) is 0 Å². The molecule has 16 heavy (non-hydrogen) atoms. The number of aromatic hydroxyl groups is 1. The van der Waals surface area contributed by atoms with Crippen molar-refractivity contribution in [1.82, 2.24) is 0 Å². The maximum absolute atomic E-state index is 9.89. The van der Waals surface area contributed by atoms with Crippen molar-refractivity contribution in [2.75, 3.05) is 0 Å². The Balaban J connectivity index is 2.71. The van der Waals surface area contributed by atoms with Crippen molar-refractivity contribution in [3.63, 3.8) is 0 Å². The molecule has 2 rings (SSSR count). The smallest absolute Gasteiger partial charge is 0.131 e. The third kappa shape index (κ3) is 2.00. The Morgan fingerprint density at radius 3 is 2.62 bits per heavy atom. The molecule has 2 aromatic carbocycles. The molecule has 0 fully saturated rings. The van der Waals surface area contributed by atoms with E-state index in [2.05, 4.69) is 15.9 Å². The van der Waals surface area contributed by atoms with E-state index in [9.17, 15) is 5.11 Å². The second kappa shape index (κ2) is 4.34. The monoisotopic (exact) mass is 280 g/mol. The molecule has 0 saturated heterocycles. The molecule has 0 atom stereocenters. The van der Waals surface area contributed by atoms with Gasteiger partial charge >= 0.3 is 0 Å². The van der Waals surface area contributed by atoms with Crippen LogP contribution in [0, 0.1) is 0 Å². The fourth-order valence-corrected chi connectivity index (χ4v) is 2.13. The molecule has 0 bridgehead atoms. The Hall–Kier alpha value is -1.22. The summed E-state index contributed by atoms with van der Waals surface area (Å²) < 4.78 is 6.64. The molecule has 0 aromatic heterocycles. The summed E-state index contributed by atoms with van der Waals surface area (Å²) in [6.45, 7) is 3.93. The van der Waals surface area contributed by atoms with Crippen LogP contribution in [-0.4, -0.2) is 11.2 Å². The lowest BCUT2D eigenvalue weighted by Gasteiger charge is -2.14. The van der Waals surface area contributed by atoms with Gasteiger partial charge in [0.05, 0.1) is 11.5 Å². The van der Waals surface area contributed by atoms with Gasteiger partial charge in [-0.1, -0.05) is 28.1 Å². The van der Waals surface area contributed by atoms with Crippen molar-refractivity contribution in [2.24, 2.45) is 0 Å². The van der Waals surface area contributed by atoms with Gasteiger partial charge in [-0.3, -0.25) is 0 Å². The molecule has 3 heteroatoms. The van der Waals surface area contributed by atoms with Crippen LogP contribution < -0.4 is 4.74 Å². The molecule has 84 valence electrons. The predicted octanol–water partition coefficient (Wildman–Crippen LogP) is 4.10. The van der Waals surface area contributed by atoms with Crippen LogP contribution in [0.25, 0.3) is 10.8 Å². The second-order valence-electron chi connectivity index (χ2n) is 3.91. The number of halogens is 1. The maximum atomic E-state index is 9.89. The summed E-state index contributed by atoms with van der Waals surface area (Å²) in [5, 5.41) is 11.6. The summed E-state index contributed by atoms with van der Waals surface area (Å²) in [7, 11) is 0. The molecule has 0 aliphatic rings. The summed E-state index contributed by atoms with van der Waals surface area (Å²) in [4.78, 5) is 0. The lowest BCUT2D eigenvalue weighted by atomic mass is 10.1. The highest BCUT2D eigenvalue weighted by Gasteiger charge is 2.10. The standard InChI is InChI=1S/C13H13BrO2/c1-8(2)16-12-7-6-10(14)9-4-3-5-11(15)13(9)12/h3-8,15H,1-2H3. The molecule has 0 aliphatic heterocycles. The first-order valence-corrected chi connectivity index (χ1v) is 5.95. The fourth-order valence-electron chi connectivity index (χ4n) is 1.67. The number of hydrogen-bond donors (Lipinski definition) is 1. The van der Waals surface area contributed by atoms with Crippen LogP contribution in [0.2, 0.25) is 0 Å². The van der Waals surface area contributed by atoms with Crippen LogP contribution in [0.5, 0.6) is 11.5 Å². The van der Waals surface area contributed by atoms with Gasteiger partial charge < -0.3 is 9.84 Å². The zero-order chi connectivity index (χ0) is 11.7. The predicted molar refractivity (Wildman–Crippen MR) is 69.1 cm³/mol. The van der Waals surface area contributed by atoms with Gasteiger partial charge in [-0.25, -0.2) is 0 Å². The Morgan fingerprint density at radius 2 is 1.94 bits per heavy atom. The topological polar surface area (TPSA) is 29.5 Å². The summed E-state index contributed by atoms with van der Waals surface area (Å²) in [5.41, 5.74) is 0. The van der Waals surface area contributed by atoms with E-state index in [0.717, 1.165) is 15.2 Å². The van der Waals surface area contributed by atoms with Gasteiger partial charge in [-0.15, -0.1) is 0 Å². The molecule has 1 N–H and O–H groups in total. The van der Waals surface area contributed by atoms with E-state index in [-0.39, 0.29) is 11.9 Å². The van der Waals surface area contributed by atoms with Gasteiger partial charge in [0.25, 0.3) is 0 Å². The van der Waals surface area contributed by atoms with E-state index in [0.29, 0.717) is 5.75 Å². The maximum Gasteiger partial charge on any atom is 0.131 e. The third-order valence-corrected chi connectivity index (χ3v) is 2.98. The molecule has 0 saturated carbocycles.